The molecule has 3 aliphatic heterocycles. The first-order valence-electron chi connectivity index (χ1n) is 36.0. The quantitative estimate of drug-likeness (QED) is 0.0164. The van der Waals surface area contributed by atoms with E-state index in [1.54, 1.807) is 13.8 Å². The van der Waals surface area contributed by atoms with Crippen LogP contribution in [0.2, 0.25) is 0 Å². The lowest BCUT2D eigenvalue weighted by Crippen LogP contribution is -2.66. The molecule has 4 rings (SSSR count). The Morgan fingerprint density at radius 1 is 0.500 bits per heavy atom. The Morgan fingerprint density at radius 3 is 1.47 bits per heavy atom. The molecule has 0 bridgehead atoms. The summed E-state index contributed by atoms with van der Waals surface area (Å²) >= 11 is 0. The van der Waals surface area contributed by atoms with Gasteiger partial charge in [-0.3, -0.25) is 62.5 Å². The molecule has 48 heteroatoms. The number of phenolic OH excluding ortho intramolecular Hbond substituents is 1. The smallest absolute Gasteiger partial charge is 0.326 e. The van der Waals surface area contributed by atoms with Gasteiger partial charge < -0.3 is 176 Å². The zero-order valence-corrected chi connectivity index (χ0v) is 62.5. The van der Waals surface area contributed by atoms with Crippen LogP contribution < -0.4 is 76.5 Å². The standard InChI is InChI=1S/C66H107N15O33/c1-5-25(3)43(60(105)73-19-41(89)74-31(16-27-9-11-28(86)12-10-27)56(101)77-33(62(107)108)18-42(90)91)80-59(104)35(24-109-63-50(97)47(94)52(37(22-84)111-63)114-65-51(98)48(95)53(38(23-85)112-65)113-64-49(96)46(93)45(92)36(21-83)110-64)79-55(100)30(13-14-39(68)87)75-61(106)44(26(4)6-2)81-57(102)32(17-40(69)88)76-58(103)34(20-82)78-54(99)29(67)8-7-15-72-66(70)71/h9-12,25-26,29-38,43-53,63-65,82-86,92-98H,5-8,13-24,67H2,1-4H3,(H2,68,87)(H2,69,88)(H,73,105)(H,74,89)(H,75,106)(H,76,103)(H,77,101)(H,78,99)(H,79,100)(H,80,104)(H,81,102)(H,90,91)(H,107,108)(H4,70,71,72)/t25-,26-,29-,30-,31-,32-,33-,34-,35-,36+,37+,38+,43-,44-,45-,46-,47+,48+,49+,50+,51+,52-,53-,63+,64+,65+/m0/s1. The lowest BCUT2D eigenvalue weighted by Gasteiger charge is -2.48. The number of aliphatic hydroxyl groups excluding tert-OH is 11. The van der Waals surface area contributed by atoms with Crippen LogP contribution in [0.15, 0.2) is 29.3 Å². The molecule has 3 aliphatic rings. The molecular formula is C66H107N15O33. The average Bonchev–Trinajstić information content (AvgIpc) is 0.779. The molecule has 26 atom stereocenters. The van der Waals surface area contributed by atoms with E-state index in [4.69, 9.17) is 57.1 Å². The van der Waals surface area contributed by atoms with Gasteiger partial charge in [-0.2, -0.15) is 0 Å². The third kappa shape index (κ3) is 29.2. The molecule has 0 unspecified atom stereocenters. The summed E-state index contributed by atoms with van der Waals surface area (Å²) < 4.78 is 33.9. The highest BCUT2D eigenvalue weighted by Gasteiger charge is 2.54. The summed E-state index contributed by atoms with van der Waals surface area (Å²) in [5, 5.41) is 167. The van der Waals surface area contributed by atoms with E-state index in [9.17, 15) is 134 Å². The van der Waals surface area contributed by atoms with E-state index in [0.29, 0.717) is 0 Å². The number of carboxylic acid groups (broad SMARTS) is 2. The van der Waals surface area contributed by atoms with Gasteiger partial charge in [-0.05, 0) is 48.8 Å². The number of primary amides is 2. The van der Waals surface area contributed by atoms with Gasteiger partial charge in [0, 0.05) is 19.4 Å². The molecule has 644 valence electrons. The van der Waals surface area contributed by atoms with Crippen molar-refractivity contribution in [3.05, 3.63) is 29.8 Å². The Bertz CT molecular complexity index is 3420. The lowest BCUT2D eigenvalue weighted by atomic mass is 9.96. The van der Waals surface area contributed by atoms with Crippen LogP contribution in [0.1, 0.15) is 84.6 Å². The number of aromatic hydroxyl groups is 1. The number of benzene rings is 1. The Labute approximate surface area is 650 Å². The van der Waals surface area contributed by atoms with Crippen LogP contribution in [-0.2, 0) is 97.2 Å². The summed E-state index contributed by atoms with van der Waals surface area (Å²) in [4.78, 5) is 178. The number of rotatable bonds is 47. The fourth-order valence-corrected chi connectivity index (χ4v) is 11.6. The zero-order chi connectivity index (χ0) is 85.7. The van der Waals surface area contributed by atoms with Crippen molar-refractivity contribution in [1.29, 1.82) is 0 Å². The van der Waals surface area contributed by atoms with Crippen LogP contribution in [0.4, 0.5) is 0 Å². The van der Waals surface area contributed by atoms with Crippen molar-refractivity contribution in [2.75, 3.05) is 46.1 Å². The van der Waals surface area contributed by atoms with Crippen LogP contribution in [0.5, 0.6) is 5.75 Å². The van der Waals surface area contributed by atoms with E-state index in [0.717, 1.165) is 0 Å². The highest BCUT2D eigenvalue weighted by atomic mass is 16.8. The first kappa shape index (κ1) is 97.0. The fourth-order valence-electron chi connectivity index (χ4n) is 11.6. The second-order valence-electron chi connectivity index (χ2n) is 27.3. The first-order chi connectivity index (χ1) is 53.6. The van der Waals surface area contributed by atoms with Gasteiger partial charge in [-0.25, -0.2) is 4.79 Å². The monoisotopic (exact) mass is 1640 g/mol. The Kier molecular flexibility index (Phi) is 39.9. The van der Waals surface area contributed by atoms with Crippen molar-refractivity contribution < 1.29 is 162 Å². The topological polar surface area (TPSA) is 811 Å². The highest BCUT2D eigenvalue weighted by molar-refractivity contribution is 5.99. The lowest BCUT2D eigenvalue weighted by molar-refractivity contribution is -0.379. The molecule has 33 N–H and O–H groups in total. The highest BCUT2D eigenvalue weighted by Crippen LogP contribution is 2.33. The second-order valence-corrected chi connectivity index (χ2v) is 27.3. The van der Waals surface area contributed by atoms with Crippen molar-refractivity contribution in [1.82, 2.24) is 47.9 Å². The van der Waals surface area contributed by atoms with Gasteiger partial charge in [0.25, 0.3) is 0 Å². The molecule has 1 aromatic carbocycles. The summed E-state index contributed by atoms with van der Waals surface area (Å²) in [6, 6.07) is -11.2. The number of nitrogens with one attached hydrogen (secondary N) is 9. The summed E-state index contributed by atoms with van der Waals surface area (Å²) in [6.07, 6.45) is -33.8. The van der Waals surface area contributed by atoms with E-state index in [-0.39, 0.29) is 49.5 Å². The van der Waals surface area contributed by atoms with Crippen molar-refractivity contribution in [3.63, 3.8) is 0 Å². The number of nitrogens with two attached hydrogens (primary N) is 5. The maximum absolute atomic E-state index is 14.9. The number of guanidine groups is 1. The maximum Gasteiger partial charge on any atom is 0.326 e. The van der Waals surface area contributed by atoms with Gasteiger partial charge in [0.15, 0.2) is 24.8 Å². The Balaban J connectivity index is 1.70. The summed E-state index contributed by atoms with van der Waals surface area (Å²) in [5.41, 5.74) is 27.8. The van der Waals surface area contributed by atoms with Crippen molar-refractivity contribution in [2.24, 2.45) is 45.5 Å². The molecule has 3 heterocycles. The predicted octanol–water partition coefficient (Wildman–Crippen LogP) is -14.4. The number of aliphatic imine (C=N–C) groups is 1. The molecule has 48 nitrogen and oxygen atoms in total. The number of nitrogens with zero attached hydrogens (tertiary/aromatic N) is 1. The second kappa shape index (κ2) is 46.9. The van der Waals surface area contributed by atoms with Crippen molar-refractivity contribution >= 4 is 82.9 Å². The third-order valence-corrected chi connectivity index (χ3v) is 18.6. The molecule has 3 saturated heterocycles. The van der Waals surface area contributed by atoms with Gasteiger partial charge in [0.05, 0.1) is 58.5 Å². The molecule has 3 fully saturated rings. The number of hydrogen-bond acceptors (Lipinski definition) is 33. The van der Waals surface area contributed by atoms with Crippen molar-refractivity contribution in [2.45, 2.75) is 232 Å². The number of aliphatic hydroxyl groups is 11. The van der Waals surface area contributed by atoms with E-state index < -0.39 is 307 Å². The van der Waals surface area contributed by atoms with Crippen LogP contribution in [-0.4, -0.2) is 347 Å². The SMILES string of the molecule is CC[C@H](C)[C@H](NC(=O)[C@H](CO[C@@H]1O[C@H](CO)[C@H](O[C@H]2O[C@H](CO)[C@H](O[C@H]3O[C@H](CO)[C@H](O)[C@H](O)[C@H]3O)[C@H](O)[C@H]2O)[C@H](O)[C@H]1O)NC(=O)[C@H](CCC(N)=O)NC(=O)[C@@H](NC(=O)[C@H](CC(N)=O)NC(=O)[C@H](CO)NC(=O)[C@@H](N)CCCN=C(N)N)[C@@H](C)CC)C(=O)NCC(=O)N[C@@H](Cc1ccc(O)cc1)C(=O)N[C@@H](CC(=O)O)C(=O)O. The summed E-state index contributed by atoms with van der Waals surface area (Å²) in [7, 11) is 0. The molecule has 0 radical (unpaired) electrons. The number of amides is 11. The van der Waals surface area contributed by atoms with E-state index >= 15 is 0 Å². The van der Waals surface area contributed by atoms with E-state index in [1.807, 2.05) is 5.32 Å². The third-order valence-electron chi connectivity index (χ3n) is 18.6. The number of aliphatic carboxylic acids is 2. The zero-order valence-electron chi connectivity index (χ0n) is 62.5. The fraction of sp³-hybridized carbons (Fsp3) is 0.697. The number of phenols is 1. The Hall–Kier alpha value is -9.32. The van der Waals surface area contributed by atoms with Crippen LogP contribution in [0.3, 0.4) is 0 Å². The van der Waals surface area contributed by atoms with Gasteiger partial charge in [-0.15, -0.1) is 0 Å². The average molecular weight is 1640 g/mol. The number of ether oxygens (including phenoxy) is 6. The largest absolute Gasteiger partial charge is 0.508 e. The molecular weight excluding hydrogens is 1530 g/mol. The maximum atomic E-state index is 14.9. The molecule has 1 aromatic rings. The van der Waals surface area contributed by atoms with Gasteiger partial charge >= 0.3 is 11.9 Å². The van der Waals surface area contributed by atoms with E-state index in [2.05, 4.69) is 47.5 Å². The molecule has 0 spiro atoms. The van der Waals surface area contributed by atoms with Crippen LogP contribution in [0.25, 0.3) is 0 Å². The number of carbonyl (C=O) groups excluding carboxylic acids is 11. The minimum Gasteiger partial charge on any atom is -0.508 e. The number of carboxylic acids is 2. The van der Waals surface area contributed by atoms with E-state index in [1.165, 1.54) is 38.1 Å². The molecule has 0 aliphatic carbocycles. The molecule has 114 heavy (non-hydrogen) atoms. The van der Waals surface area contributed by atoms with Crippen molar-refractivity contribution in [3.8, 4) is 5.75 Å². The molecule has 11 amide bonds. The van der Waals surface area contributed by atoms with Gasteiger partial charge in [0.2, 0.25) is 65.0 Å². The normalized spacial score (nSPS) is 26.3. The van der Waals surface area contributed by atoms with Crippen LogP contribution in [0, 0.1) is 11.8 Å². The number of hydrogen-bond donors (Lipinski definition) is 28. The Morgan fingerprint density at radius 2 is 0.965 bits per heavy atom. The summed E-state index contributed by atoms with van der Waals surface area (Å²) in [5.74, 6) is -18.9. The van der Waals surface area contributed by atoms with Crippen LogP contribution >= 0.6 is 0 Å². The summed E-state index contributed by atoms with van der Waals surface area (Å²) in [6.45, 7) is -0.389. The van der Waals surface area contributed by atoms with Gasteiger partial charge in [0.1, 0.15) is 127 Å². The van der Waals surface area contributed by atoms with Gasteiger partial charge in [-0.1, -0.05) is 52.7 Å². The first-order valence-corrected chi connectivity index (χ1v) is 36.0. The molecule has 0 aromatic heterocycles. The minimum atomic E-state index is -2.36. The number of carbonyl (C=O) groups is 13. The molecule has 0 saturated carbocycles. The minimum absolute atomic E-state index is 0.00367. The predicted molar refractivity (Wildman–Crippen MR) is 381 cm³/mol.